The maximum Gasteiger partial charge on any atom is 0.325 e. The molecule has 3 amide bonds. The number of imide groups is 1. The number of nitrogens with zero attached hydrogens (tertiary/aromatic N) is 1. The molecule has 1 heterocycles. The van der Waals surface area contributed by atoms with Gasteiger partial charge in [-0.05, 0) is 30.7 Å². The summed E-state index contributed by atoms with van der Waals surface area (Å²) in [5, 5.41) is 2.81. The van der Waals surface area contributed by atoms with Gasteiger partial charge in [0.05, 0.1) is 13.7 Å². The van der Waals surface area contributed by atoms with Gasteiger partial charge in [0, 0.05) is 10.0 Å². The molecule has 3 rings (SSSR count). The summed E-state index contributed by atoms with van der Waals surface area (Å²) in [4.78, 5) is 26.6. The number of ether oxygens (including phenoxy) is 1. The number of rotatable bonds is 4. The molecule has 6 heteroatoms. The molecule has 2 aromatic rings. The number of hydrogen-bond acceptors (Lipinski definition) is 3. The van der Waals surface area contributed by atoms with Crippen LogP contribution in [-0.2, 0) is 16.9 Å². The summed E-state index contributed by atoms with van der Waals surface area (Å²) in [6.45, 7) is 1.92. The van der Waals surface area contributed by atoms with Crippen molar-refractivity contribution in [2.45, 2.75) is 19.0 Å². The minimum Gasteiger partial charge on any atom is -0.497 e. The first kappa shape index (κ1) is 16.5. The van der Waals surface area contributed by atoms with Gasteiger partial charge in [-0.3, -0.25) is 9.69 Å². The topological polar surface area (TPSA) is 58.6 Å². The molecule has 0 spiro atoms. The van der Waals surface area contributed by atoms with E-state index in [2.05, 4.69) is 21.2 Å². The van der Waals surface area contributed by atoms with Crippen molar-refractivity contribution in [3.05, 3.63) is 64.1 Å². The van der Waals surface area contributed by atoms with E-state index in [0.29, 0.717) is 5.75 Å². The zero-order valence-electron chi connectivity index (χ0n) is 13.4. The second-order valence-electron chi connectivity index (χ2n) is 5.78. The predicted octanol–water partition coefficient (Wildman–Crippen LogP) is 3.42. The maximum absolute atomic E-state index is 12.9. The summed E-state index contributed by atoms with van der Waals surface area (Å²) >= 11 is 3.46. The average Bonchev–Trinajstić information content (AvgIpc) is 2.79. The average molecular weight is 389 g/mol. The second kappa shape index (κ2) is 6.28. The number of methoxy groups -OCH3 is 1. The first-order chi connectivity index (χ1) is 11.5. The van der Waals surface area contributed by atoms with E-state index in [-0.39, 0.29) is 12.5 Å². The van der Waals surface area contributed by atoms with Gasteiger partial charge in [-0.1, -0.05) is 46.3 Å². The highest BCUT2D eigenvalue weighted by Gasteiger charge is 2.49. The number of amides is 3. The van der Waals surface area contributed by atoms with Gasteiger partial charge in [0.2, 0.25) is 0 Å². The number of nitrogens with one attached hydrogen (secondary N) is 1. The van der Waals surface area contributed by atoms with Gasteiger partial charge in [0.1, 0.15) is 11.3 Å². The van der Waals surface area contributed by atoms with E-state index in [1.165, 1.54) is 4.90 Å². The molecule has 1 N–H and O–H groups in total. The van der Waals surface area contributed by atoms with Gasteiger partial charge >= 0.3 is 6.03 Å². The highest BCUT2D eigenvalue weighted by atomic mass is 79.9. The Balaban J connectivity index is 1.90. The fourth-order valence-electron chi connectivity index (χ4n) is 2.84. The summed E-state index contributed by atoms with van der Waals surface area (Å²) in [7, 11) is 1.58. The molecule has 1 aliphatic rings. The Bertz CT molecular complexity index is 808. The van der Waals surface area contributed by atoms with Crippen molar-refractivity contribution in [3.63, 3.8) is 0 Å². The zero-order chi connectivity index (χ0) is 17.3. The Labute approximate surface area is 148 Å². The van der Waals surface area contributed by atoms with Crippen molar-refractivity contribution in [2.24, 2.45) is 0 Å². The zero-order valence-corrected chi connectivity index (χ0v) is 15.0. The SMILES string of the molecule is COc1cccc(CN2C(=O)N[C@@](C)(c3ccccc3Br)C2=O)c1. The molecule has 0 unspecified atom stereocenters. The maximum atomic E-state index is 12.9. The minimum absolute atomic E-state index is 0.196. The van der Waals surface area contributed by atoms with Crippen LogP contribution in [0.3, 0.4) is 0 Å². The second-order valence-corrected chi connectivity index (χ2v) is 6.63. The van der Waals surface area contributed by atoms with Crippen LogP contribution in [0.1, 0.15) is 18.1 Å². The molecule has 1 saturated heterocycles. The summed E-state index contributed by atoms with van der Waals surface area (Å²) in [5.41, 5.74) is 0.474. The quantitative estimate of drug-likeness (QED) is 0.816. The summed E-state index contributed by atoms with van der Waals surface area (Å²) < 4.78 is 5.97. The molecule has 0 radical (unpaired) electrons. The fourth-order valence-corrected chi connectivity index (χ4v) is 3.52. The number of carbonyl (C=O) groups excluding carboxylic acids is 2. The smallest absolute Gasteiger partial charge is 0.325 e. The van der Waals surface area contributed by atoms with Crippen molar-refractivity contribution >= 4 is 27.9 Å². The van der Waals surface area contributed by atoms with Crippen molar-refractivity contribution in [3.8, 4) is 5.75 Å². The third-order valence-corrected chi connectivity index (χ3v) is 4.85. The van der Waals surface area contributed by atoms with E-state index in [4.69, 9.17) is 4.74 Å². The monoisotopic (exact) mass is 388 g/mol. The lowest BCUT2D eigenvalue weighted by Gasteiger charge is -2.23. The number of halogens is 1. The van der Waals surface area contributed by atoms with E-state index in [9.17, 15) is 9.59 Å². The van der Waals surface area contributed by atoms with E-state index in [1.54, 1.807) is 14.0 Å². The number of urea groups is 1. The largest absolute Gasteiger partial charge is 0.497 e. The highest BCUT2D eigenvalue weighted by molar-refractivity contribution is 9.10. The van der Waals surface area contributed by atoms with Gasteiger partial charge in [-0.15, -0.1) is 0 Å². The van der Waals surface area contributed by atoms with Crippen molar-refractivity contribution in [1.82, 2.24) is 10.2 Å². The van der Waals surface area contributed by atoms with Gasteiger partial charge in [0.15, 0.2) is 0 Å². The van der Waals surface area contributed by atoms with E-state index in [1.807, 2.05) is 48.5 Å². The van der Waals surface area contributed by atoms with Crippen LogP contribution in [-0.4, -0.2) is 23.9 Å². The molecular formula is C18H17BrN2O3. The van der Waals surface area contributed by atoms with Crippen LogP contribution in [0, 0.1) is 0 Å². The molecule has 2 aromatic carbocycles. The Kier molecular flexibility index (Phi) is 4.32. The molecule has 0 aliphatic carbocycles. The van der Waals surface area contributed by atoms with E-state index < -0.39 is 11.6 Å². The third-order valence-electron chi connectivity index (χ3n) is 4.16. The summed E-state index contributed by atoms with van der Waals surface area (Å²) in [6, 6.07) is 14.3. The first-order valence-electron chi connectivity index (χ1n) is 7.48. The van der Waals surface area contributed by atoms with Crippen LogP contribution < -0.4 is 10.1 Å². The standard InChI is InChI=1S/C18H17BrN2O3/c1-18(14-8-3-4-9-15(14)19)16(22)21(17(23)20-18)11-12-6-5-7-13(10-12)24-2/h3-10H,11H2,1-2H3,(H,20,23)/t18-/m0/s1. The lowest BCUT2D eigenvalue weighted by Crippen LogP contribution is -2.41. The van der Waals surface area contributed by atoms with E-state index >= 15 is 0 Å². The lowest BCUT2D eigenvalue weighted by molar-refractivity contribution is -0.131. The van der Waals surface area contributed by atoms with Crippen LogP contribution in [0.4, 0.5) is 4.79 Å². The van der Waals surface area contributed by atoms with Gasteiger partial charge < -0.3 is 10.1 Å². The predicted molar refractivity (Wildman–Crippen MR) is 93.6 cm³/mol. The Morgan fingerprint density at radius 1 is 1.17 bits per heavy atom. The third kappa shape index (κ3) is 2.78. The summed E-state index contributed by atoms with van der Waals surface area (Å²) in [5.74, 6) is 0.412. The molecule has 1 aliphatic heterocycles. The Morgan fingerprint density at radius 3 is 2.62 bits per heavy atom. The molecule has 1 fully saturated rings. The van der Waals surface area contributed by atoms with Crippen molar-refractivity contribution in [1.29, 1.82) is 0 Å². The molecule has 0 saturated carbocycles. The van der Waals surface area contributed by atoms with Crippen LogP contribution >= 0.6 is 15.9 Å². The molecule has 24 heavy (non-hydrogen) atoms. The number of hydrogen-bond donors (Lipinski definition) is 1. The highest BCUT2D eigenvalue weighted by Crippen LogP contribution is 2.34. The van der Waals surface area contributed by atoms with Gasteiger partial charge in [0.25, 0.3) is 5.91 Å². The molecule has 5 nitrogen and oxygen atoms in total. The number of benzene rings is 2. The van der Waals surface area contributed by atoms with Gasteiger partial charge in [-0.2, -0.15) is 0 Å². The molecular weight excluding hydrogens is 372 g/mol. The molecule has 1 atom stereocenters. The Hall–Kier alpha value is -2.34. The van der Waals surface area contributed by atoms with E-state index in [0.717, 1.165) is 15.6 Å². The van der Waals surface area contributed by atoms with Crippen LogP contribution in [0.25, 0.3) is 0 Å². The first-order valence-corrected chi connectivity index (χ1v) is 8.27. The fraction of sp³-hybridized carbons (Fsp3) is 0.222. The number of carbonyl (C=O) groups is 2. The van der Waals surface area contributed by atoms with Crippen LogP contribution in [0.5, 0.6) is 5.75 Å². The van der Waals surface area contributed by atoms with Gasteiger partial charge in [-0.25, -0.2) is 4.79 Å². The molecule has 0 bridgehead atoms. The van der Waals surface area contributed by atoms with Crippen molar-refractivity contribution < 1.29 is 14.3 Å². The van der Waals surface area contributed by atoms with Crippen LogP contribution in [0.2, 0.25) is 0 Å². The lowest BCUT2D eigenvalue weighted by atomic mass is 9.92. The van der Waals surface area contributed by atoms with Crippen LogP contribution in [0.15, 0.2) is 53.0 Å². The normalized spacial score (nSPS) is 20.2. The molecule has 0 aromatic heterocycles. The minimum atomic E-state index is -1.09. The summed E-state index contributed by atoms with van der Waals surface area (Å²) in [6.07, 6.45) is 0. The molecule has 124 valence electrons. The van der Waals surface area contributed by atoms with Crippen molar-refractivity contribution in [2.75, 3.05) is 7.11 Å². The Morgan fingerprint density at radius 2 is 1.92 bits per heavy atom.